The van der Waals surface area contributed by atoms with Crippen molar-refractivity contribution < 1.29 is 34.0 Å². The molecule has 0 radical (unpaired) electrons. The Balaban J connectivity index is 1.51. The van der Waals surface area contributed by atoms with Crippen molar-refractivity contribution in [2.75, 3.05) is 0 Å². The van der Waals surface area contributed by atoms with Gasteiger partial charge in [0.1, 0.15) is 18.3 Å². The van der Waals surface area contributed by atoms with Gasteiger partial charge in [0.05, 0.1) is 6.10 Å². The third kappa shape index (κ3) is 4.12. The molecule has 4 unspecified atom stereocenters. The van der Waals surface area contributed by atoms with Crippen molar-refractivity contribution in [1.29, 1.82) is 0 Å². The van der Waals surface area contributed by atoms with Crippen LogP contribution in [-0.4, -0.2) is 46.9 Å². The van der Waals surface area contributed by atoms with Crippen LogP contribution in [0.4, 0.5) is 9.59 Å². The highest BCUT2D eigenvalue weighted by molar-refractivity contribution is 5.61. The van der Waals surface area contributed by atoms with Gasteiger partial charge in [0.15, 0.2) is 0 Å². The minimum atomic E-state index is -1.33. The molecule has 2 N–H and O–H groups in total. The Kier molecular flexibility index (Phi) is 5.48. The Bertz CT molecular complexity index is 456. The van der Waals surface area contributed by atoms with Gasteiger partial charge in [-0.25, -0.2) is 9.59 Å². The molecule has 0 aromatic rings. The van der Waals surface area contributed by atoms with Crippen molar-refractivity contribution in [1.82, 2.24) is 0 Å². The van der Waals surface area contributed by atoms with Crippen LogP contribution in [0.5, 0.6) is 0 Å². The number of hydrogen-bond donors (Lipinski definition) is 2. The summed E-state index contributed by atoms with van der Waals surface area (Å²) in [6.45, 7) is 0. The lowest BCUT2D eigenvalue weighted by Gasteiger charge is -2.30. The molecule has 2 bridgehead atoms. The van der Waals surface area contributed by atoms with E-state index in [0.29, 0.717) is 0 Å². The number of carboxylic acid groups (broad SMARTS) is 1. The molecule has 0 aromatic heterocycles. The van der Waals surface area contributed by atoms with E-state index < -0.39 is 24.5 Å². The third-order valence-corrected chi connectivity index (χ3v) is 5.63. The maximum absolute atomic E-state index is 12.1. The van der Waals surface area contributed by atoms with Crippen LogP contribution in [0.2, 0.25) is 0 Å². The van der Waals surface area contributed by atoms with Crippen molar-refractivity contribution in [3.63, 3.8) is 0 Å². The molecule has 3 aliphatic rings. The van der Waals surface area contributed by atoms with Crippen molar-refractivity contribution in [3.05, 3.63) is 0 Å². The van der Waals surface area contributed by atoms with E-state index in [1.165, 1.54) is 0 Å². The maximum Gasteiger partial charge on any atom is 0.508 e. The molecule has 0 aromatic carbocycles. The molecule has 3 saturated carbocycles. The average molecular weight is 342 g/mol. The van der Waals surface area contributed by atoms with E-state index in [2.05, 4.69) is 0 Å². The number of rotatable bonds is 3. The SMILES string of the molecule is O=C(O)OC1C2CCC(C2)C1OC(=O)OC1CCCC(O)CCC1. The highest BCUT2D eigenvalue weighted by Gasteiger charge is 2.52. The molecule has 136 valence electrons. The van der Waals surface area contributed by atoms with Gasteiger partial charge in [-0.3, -0.25) is 0 Å². The van der Waals surface area contributed by atoms with E-state index in [0.717, 1.165) is 57.8 Å². The molecule has 7 nitrogen and oxygen atoms in total. The van der Waals surface area contributed by atoms with E-state index in [1.54, 1.807) is 0 Å². The van der Waals surface area contributed by atoms with Gasteiger partial charge in [0, 0.05) is 11.8 Å². The fraction of sp³-hybridized carbons (Fsp3) is 0.882. The summed E-state index contributed by atoms with van der Waals surface area (Å²) in [6, 6.07) is 0. The van der Waals surface area contributed by atoms with Gasteiger partial charge in [-0.05, 0) is 57.8 Å². The van der Waals surface area contributed by atoms with Crippen molar-refractivity contribution in [2.45, 2.75) is 82.2 Å². The van der Waals surface area contributed by atoms with Crippen molar-refractivity contribution in [2.24, 2.45) is 11.8 Å². The summed E-state index contributed by atoms with van der Waals surface area (Å²) in [6.07, 6.45) is 3.65. The first-order valence-corrected chi connectivity index (χ1v) is 8.98. The topological polar surface area (TPSA) is 102 Å². The van der Waals surface area contributed by atoms with Gasteiger partial charge in [-0.15, -0.1) is 0 Å². The van der Waals surface area contributed by atoms with Crippen LogP contribution < -0.4 is 0 Å². The summed E-state index contributed by atoms with van der Waals surface area (Å²) < 4.78 is 15.8. The summed E-state index contributed by atoms with van der Waals surface area (Å²) >= 11 is 0. The fourth-order valence-corrected chi connectivity index (χ4v) is 4.47. The Morgan fingerprint density at radius 2 is 1.38 bits per heavy atom. The van der Waals surface area contributed by atoms with Crippen LogP contribution in [0.15, 0.2) is 0 Å². The Morgan fingerprint density at radius 1 is 0.792 bits per heavy atom. The number of hydrogen-bond acceptors (Lipinski definition) is 6. The first-order chi connectivity index (χ1) is 11.5. The second-order valence-electron chi connectivity index (χ2n) is 7.27. The highest BCUT2D eigenvalue weighted by atomic mass is 16.7. The summed E-state index contributed by atoms with van der Waals surface area (Å²) in [5.74, 6) is 0.311. The van der Waals surface area contributed by atoms with Crippen LogP contribution in [0.25, 0.3) is 0 Å². The average Bonchev–Trinajstić information content (AvgIpc) is 3.07. The number of ether oxygens (including phenoxy) is 3. The number of carbonyl (C=O) groups excluding carboxylic acids is 1. The Labute approximate surface area is 141 Å². The van der Waals surface area contributed by atoms with Gasteiger partial charge in [0.25, 0.3) is 0 Å². The molecule has 0 saturated heterocycles. The van der Waals surface area contributed by atoms with E-state index in [1.807, 2.05) is 0 Å². The smallest absolute Gasteiger partial charge is 0.450 e. The van der Waals surface area contributed by atoms with E-state index in [-0.39, 0.29) is 24.0 Å². The van der Waals surface area contributed by atoms with Crippen LogP contribution in [0.3, 0.4) is 0 Å². The molecule has 4 atom stereocenters. The predicted molar refractivity (Wildman–Crippen MR) is 82.6 cm³/mol. The Hall–Kier alpha value is -1.50. The lowest BCUT2D eigenvalue weighted by Crippen LogP contribution is -2.40. The highest BCUT2D eigenvalue weighted by Crippen LogP contribution is 2.47. The van der Waals surface area contributed by atoms with Crippen molar-refractivity contribution in [3.8, 4) is 0 Å². The lowest BCUT2D eigenvalue weighted by molar-refractivity contribution is -0.0786. The van der Waals surface area contributed by atoms with Gasteiger partial charge in [-0.1, -0.05) is 0 Å². The molecule has 3 fully saturated rings. The van der Waals surface area contributed by atoms with Crippen molar-refractivity contribution >= 4 is 12.3 Å². The Morgan fingerprint density at radius 3 is 1.96 bits per heavy atom. The molecular weight excluding hydrogens is 316 g/mol. The van der Waals surface area contributed by atoms with E-state index in [4.69, 9.17) is 19.3 Å². The zero-order valence-electron chi connectivity index (χ0n) is 13.8. The predicted octanol–water partition coefficient (Wildman–Crippen LogP) is 3.09. The number of aliphatic hydroxyl groups excluding tert-OH is 1. The van der Waals surface area contributed by atoms with Gasteiger partial charge >= 0.3 is 12.3 Å². The minimum absolute atomic E-state index is 0.145. The normalized spacial score (nSPS) is 38.9. The molecule has 0 amide bonds. The monoisotopic (exact) mass is 342 g/mol. The molecule has 0 spiro atoms. The molecule has 24 heavy (non-hydrogen) atoms. The van der Waals surface area contributed by atoms with Crippen LogP contribution in [0, 0.1) is 11.8 Å². The first-order valence-electron chi connectivity index (χ1n) is 8.98. The maximum atomic E-state index is 12.1. The van der Waals surface area contributed by atoms with Gasteiger partial charge < -0.3 is 24.4 Å². The number of carbonyl (C=O) groups is 2. The van der Waals surface area contributed by atoms with Gasteiger partial charge in [0.2, 0.25) is 0 Å². The standard InChI is InChI=1S/C17H26O7/c18-12-3-1-5-13(6-2-4-12)22-17(21)24-15-11-8-7-10(9-11)14(15)23-16(19)20/h10-15,18H,1-9H2,(H,19,20). The molecule has 0 heterocycles. The molecule has 7 heteroatoms. The molecule has 0 aliphatic heterocycles. The minimum Gasteiger partial charge on any atom is -0.450 e. The fourth-order valence-electron chi connectivity index (χ4n) is 4.47. The van der Waals surface area contributed by atoms with Crippen LogP contribution >= 0.6 is 0 Å². The largest absolute Gasteiger partial charge is 0.508 e. The molecule has 3 rings (SSSR count). The first kappa shape index (κ1) is 17.3. The van der Waals surface area contributed by atoms with Gasteiger partial charge in [-0.2, -0.15) is 0 Å². The zero-order chi connectivity index (χ0) is 17.1. The summed E-state index contributed by atoms with van der Waals surface area (Å²) in [7, 11) is 0. The molecular formula is C17H26O7. The summed E-state index contributed by atoms with van der Waals surface area (Å²) in [5, 5.41) is 18.5. The van der Waals surface area contributed by atoms with E-state index >= 15 is 0 Å². The van der Waals surface area contributed by atoms with E-state index in [9.17, 15) is 14.7 Å². The summed E-state index contributed by atoms with van der Waals surface area (Å²) in [5.41, 5.74) is 0. The number of aliphatic hydroxyl groups is 1. The van der Waals surface area contributed by atoms with Crippen LogP contribution in [-0.2, 0) is 14.2 Å². The summed E-state index contributed by atoms with van der Waals surface area (Å²) in [4.78, 5) is 23.0. The second-order valence-corrected chi connectivity index (χ2v) is 7.27. The quantitative estimate of drug-likeness (QED) is 0.760. The van der Waals surface area contributed by atoms with Crippen LogP contribution in [0.1, 0.15) is 57.8 Å². The number of fused-ring (bicyclic) bond motifs is 2. The molecule has 3 aliphatic carbocycles. The third-order valence-electron chi connectivity index (χ3n) is 5.63. The lowest BCUT2D eigenvalue weighted by atomic mass is 9.94. The second kappa shape index (κ2) is 7.59. The zero-order valence-corrected chi connectivity index (χ0v) is 13.8.